The molecular weight excluding hydrogens is 380 g/mol. The lowest BCUT2D eigenvalue weighted by molar-refractivity contribution is -0.129. The Balaban J connectivity index is 1.47. The number of aromatic amines is 1. The summed E-state index contributed by atoms with van der Waals surface area (Å²) < 4.78 is 5.74. The number of amides is 2. The van der Waals surface area contributed by atoms with Gasteiger partial charge in [0.05, 0.1) is 6.54 Å². The summed E-state index contributed by atoms with van der Waals surface area (Å²) in [6.07, 6.45) is 4.79. The zero-order valence-corrected chi connectivity index (χ0v) is 17.4. The molecule has 0 atom stereocenters. The molecule has 1 aromatic carbocycles. The normalized spacial score (nSPS) is 15.0. The third kappa shape index (κ3) is 3.66. The fourth-order valence-electron chi connectivity index (χ4n) is 3.41. The van der Waals surface area contributed by atoms with Crippen molar-refractivity contribution in [2.45, 2.75) is 32.9 Å². The van der Waals surface area contributed by atoms with Crippen molar-refractivity contribution in [1.82, 2.24) is 14.9 Å². The number of nitrogens with zero attached hydrogens (tertiary/aromatic N) is 2. The highest BCUT2D eigenvalue weighted by Crippen LogP contribution is 2.32. The summed E-state index contributed by atoms with van der Waals surface area (Å²) in [5, 5.41) is 3.89. The average Bonchev–Trinajstić information content (AvgIpc) is 3.02. The van der Waals surface area contributed by atoms with Gasteiger partial charge in [0, 0.05) is 35.9 Å². The van der Waals surface area contributed by atoms with Crippen LogP contribution in [-0.2, 0) is 16.1 Å². The predicted molar refractivity (Wildman–Crippen MR) is 116 cm³/mol. The lowest BCUT2D eigenvalue weighted by Crippen LogP contribution is -2.46. The van der Waals surface area contributed by atoms with Crippen LogP contribution in [0, 0.1) is 6.92 Å². The highest BCUT2D eigenvalue weighted by molar-refractivity contribution is 5.99. The quantitative estimate of drug-likeness (QED) is 0.650. The number of ether oxygens (including phenoxy) is 1. The van der Waals surface area contributed by atoms with Crippen LogP contribution in [0.25, 0.3) is 17.0 Å². The van der Waals surface area contributed by atoms with Crippen molar-refractivity contribution in [2.24, 2.45) is 0 Å². The Morgan fingerprint density at radius 1 is 1.30 bits per heavy atom. The Labute approximate surface area is 174 Å². The van der Waals surface area contributed by atoms with Crippen molar-refractivity contribution in [3.63, 3.8) is 0 Å². The van der Waals surface area contributed by atoms with E-state index < -0.39 is 5.60 Å². The van der Waals surface area contributed by atoms with Crippen LogP contribution in [-0.4, -0.2) is 39.3 Å². The van der Waals surface area contributed by atoms with Crippen LogP contribution in [0.5, 0.6) is 5.75 Å². The molecule has 4 rings (SSSR count). The van der Waals surface area contributed by atoms with E-state index in [-0.39, 0.29) is 11.8 Å². The van der Waals surface area contributed by atoms with E-state index >= 15 is 0 Å². The minimum absolute atomic E-state index is 0.125. The zero-order chi connectivity index (χ0) is 21.5. The molecule has 7 nitrogen and oxygen atoms in total. The second-order valence-corrected chi connectivity index (χ2v) is 7.98. The van der Waals surface area contributed by atoms with Gasteiger partial charge in [-0.05, 0) is 50.1 Å². The molecule has 154 valence electrons. The van der Waals surface area contributed by atoms with Gasteiger partial charge in [0.2, 0.25) is 5.91 Å². The summed E-state index contributed by atoms with van der Waals surface area (Å²) in [6.45, 7) is 5.92. The van der Waals surface area contributed by atoms with Crippen molar-refractivity contribution in [2.75, 3.05) is 12.4 Å². The number of hydrogen-bond donors (Lipinski definition) is 2. The molecule has 2 N–H and O–H groups in total. The molecular formula is C23H24N4O3. The Morgan fingerprint density at radius 3 is 2.83 bits per heavy atom. The number of nitrogens with one attached hydrogen (secondary N) is 2. The van der Waals surface area contributed by atoms with E-state index in [1.807, 2.05) is 18.2 Å². The minimum Gasteiger partial charge on any atom is -0.474 e. The first-order valence-corrected chi connectivity index (χ1v) is 9.74. The molecule has 1 aliphatic heterocycles. The first kappa shape index (κ1) is 19.7. The maximum absolute atomic E-state index is 12.6. The molecule has 0 saturated carbocycles. The average molecular weight is 404 g/mol. The number of H-pyrrole nitrogens is 1. The molecule has 0 radical (unpaired) electrons. The molecule has 0 fully saturated rings. The van der Waals surface area contributed by atoms with Crippen molar-refractivity contribution in [3.05, 3.63) is 59.4 Å². The summed E-state index contributed by atoms with van der Waals surface area (Å²) >= 11 is 0. The number of fused-ring (bicyclic) bond motifs is 2. The third-order valence-corrected chi connectivity index (χ3v) is 5.28. The molecule has 2 aromatic heterocycles. The first-order chi connectivity index (χ1) is 14.2. The van der Waals surface area contributed by atoms with Crippen LogP contribution >= 0.6 is 0 Å². The van der Waals surface area contributed by atoms with Crippen molar-refractivity contribution in [1.29, 1.82) is 0 Å². The molecule has 1 aliphatic rings. The summed E-state index contributed by atoms with van der Waals surface area (Å²) in [4.78, 5) is 33.8. The zero-order valence-electron chi connectivity index (χ0n) is 17.4. The maximum Gasteiger partial charge on any atom is 0.269 e. The fraction of sp³-hybridized carbons (Fsp3) is 0.261. The minimum atomic E-state index is -0.968. The van der Waals surface area contributed by atoms with E-state index in [1.165, 1.54) is 11.5 Å². The number of hydrogen-bond acceptors (Lipinski definition) is 4. The van der Waals surface area contributed by atoms with Gasteiger partial charge >= 0.3 is 0 Å². The molecule has 0 spiro atoms. The largest absolute Gasteiger partial charge is 0.474 e. The van der Waals surface area contributed by atoms with E-state index in [0.717, 1.165) is 16.8 Å². The second-order valence-electron chi connectivity index (χ2n) is 7.98. The number of aryl methyl sites for hydroxylation is 1. The monoisotopic (exact) mass is 404 g/mol. The Hall–Kier alpha value is -3.61. The van der Waals surface area contributed by atoms with Gasteiger partial charge in [0.25, 0.3) is 5.91 Å². The first-order valence-electron chi connectivity index (χ1n) is 9.74. The molecule has 3 aromatic rings. The van der Waals surface area contributed by atoms with E-state index in [1.54, 1.807) is 44.1 Å². The third-order valence-electron chi connectivity index (χ3n) is 5.28. The predicted octanol–water partition coefficient (Wildman–Crippen LogP) is 3.65. The SMILES string of the molecule is Cc1c(CN(C)C(=O)C=Cc2cnc3c(c2)OC(C)(C)C(=O)N3)[nH]c2ccccc12. The number of carbonyl (C=O) groups is 2. The van der Waals surface area contributed by atoms with Gasteiger partial charge in [0.15, 0.2) is 17.2 Å². The molecule has 30 heavy (non-hydrogen) atoms. The van der Waals surface area contributed by atoms with Crippen molar-refractivity contribution < 1.29 is 14.3 Å². The number of likely N-dealkylation sites (N-methyl/N-ethyl adjacent to an activating group) is 1. The molecule has 2 amide bonds. The van der Waals surface area contributed by atoms with Crippen molar-refractivity contribution in [3.8, 4) is 5.75 Å². The lowest BCUT2D eigenvalue weighted by Gasteiger charge is -2.30. The molecule has 0 unspecified atom stereocenters. The van der Waals surface area contributed by atoms with E-state index in [9.17, 15) is 9.59 Å². The summed E-state index contributed by atoms with van der Waals surface area (Å²) in [6, 6.07) is 9.86. The lowest BCUT2D eigenvalue weighted by atomic mass is 10.1. The van der Waals surface area contributed by atoms with Gasteiger partial charge in [-0.3, -0.25) is 9.59 Å². The molecule has 0 aliphatic carbocycles. The summed E-state index contributed by atoms with van der Waals surface area (Å²) in [5.41, 5.74) is 2.97. The summed E-state index contributed by atoms with van der Waals surface area (Å²) in [7, 11) is 1.77. The van der Waals surface area contributed by atoms with Crippen LogP contribution in [0.3, 0.4) is 0 Å². The molecule has 0 saturated heterocycles. The molecule has 3 heterocycles. The van der Waals surface area contributed by atoms with Gasteiger partial charge in [-0.25, -0.2) is 4.98 Å². The highest BCUT2D eigenvalue weighted by Gasteiger charge is 2.36. The number of anilines is 1. The van der Waals surface area contributed by atoms with E-state index in [0.29, 0.717) is 23.7 Å². The van der Waals surface area contributed by atoms with Crippen LogP contribution in [0.4, 0.5) is 5.82 Å². The van der Waals surface area contributed by atoms with Gasteiger partial charge < -0.3 is 19.9 Å². The van der Waals surface area contributed by atoms with Gasteiger partial charge in [-0.15, -0.1) is 0 Å². The van der Waals surface area contributed by atoms with Gasteiger partial charge in [-0.1, -0.05) is 18.2 Å². The number of rotatable bonds is 4. The number of carbonyl (C=O) groups excluding carboxylic acids is 2. The van der Waals surface area contributed by atoms with Crippen LogP contribution < -0.4 is 10.1 Å². The van der Waals surface area contributed by atoms with Gasteiger partial charge in [0.1, 0.15) is 0 Å². The Kier molecular flexibility index (Phi) is 4.81. The maximum atomic E-state index is 12.6. The van der Waals surface area contributed by atoms with Crippen LogP contribution in [0.15, 0.2) is 42.6 Å². The highest BCUT2D eigenvalue weighted by atomic mass is 16.5. The van der Waals surface area contributed by atoms with Crippen LogP contribution in [0.2, 0.25) is 0 Å². The van der Waals surface area contributed by atoms with E-state index in [2.05, 4.69) is 28.3 Å². The Bertz CT molecular complexity index is 1180. The fourth-order valence-corrected chi connectivity index (χ4v) is 3.41. The van der Waals surface area contributed by atoms with E-state index in [4.69, 9.17) is 4.74 Å². The second kappa shape index (κ2) is 7.33. The Morgan fingerprint density at radius 2 is 2.07 bits per heavy atom. The number of benzene rings is 1. The standard InChI is InChI=1S/C23H24N4O3/c1-14-16-7-5-6-8-17(16)25-18(14)13-27(4)20(28)10-9-15-11-19-21(24-12-15)26-22(29)23(2,3)30-19/h5-12,25H,13H2,1-4H3,(H,24,26,29). The van der Waals surface area contributed by atoms with Crippen molar-refractivity contribution >= 4 is 34.6 Å². The van der Waals surface area contributed by atoms with Crippen LogP contribution in [0.1, 0.15) is 30.7 Å². The smallest absolute Gasteiger partial charge is 0.269 e. The summed E-state index contributed by atoms with van der Waals surface area (Å²) in [5.74, 6) is 0.501. The number of aromatic nitrogens is 2. The topological polar surface area (TPSA) is 87.3 Å². The molecule has 0 bridgehead atoms. The molecule has 7 heteroatoms. The van der Waals surface area contributed by atoms with Gasteiger partial charge in [-0.2, -0.15) is 0 Å². The number of pyridine rings is 1. The number of para-hydroxylation sites is 1.